The van der Waals surface area contributed by atoms with Gasteiger partial charge in [0.1, 0.15) is 0 Å². The van der Waals surface area contributed by atoms with Crippen LogP contribution in [0.25, 0.3) is 0 Å². The lowest BCUT2D eigenvalue weighted by atomic mass is 10.4. The maximum Gasteiger partial charge on any atom is 0.0223 e. The number of unbranched alkanes of at least 4 members (excludes halogenated alkanes) is 1. The van der Waals surface area contributed by atoms with Gasteiger partial charge < -0.3 is 0 Å². The van der Waals surface area contributed by atoms with E-state index >= 15 is 0 Å². The molecule has 0 nitrogen and oxygen atoms in total. The topological polar surface area (TPSA) is 0 Å². The minimum Gasteiger partial charge on any atom is -0.127 e. The molecule has 0 heterocycles. The summed E-state index contributed by atoms with van der Waals surface area (Å²) in [6.45, 7) is 2.13. The molecule has 0 saturated carbocycles. The summed E-state index contributed by atoms with van der Waals surface area (Å²) >= 11 is 5.30. The van der Waals surface area contributed by atoms with Gasteiger partial charge >= 0.3 is 0 Å². The van der Waals surface area contributed by atoms with E-state index in [1.165, 1.54) is 6.42 Å². The van der Waals surface area contributed by atoms with Gasteiger partial charge in [-0.2, -0.15) is 0 Å². The Kier molecular flexibility index (Phi) is 15.3. The molecule has 0 atom stereocenters. The van der Waals surface area contributed by atoms with Crippen molar-refractivity contribution in [2.75, 3.05) is 5.88 Å². The van der Waals surface area contributed by atoms with Crippen molar-refractivity contribution in [3.8, 4) is 0 Å². The first-order valence-corrected chi connectivity index (χ1v) is 2.51. The Morgan fingerprint density at radius 2 is 2.00 bits per heavy atom. The smallest absolute Gasteiger partial charge is 0.0223 e. The number of hydrogen-bond acceptors (Lipinski definition) is 0. The first-order valence-electron chi connectivity index (χ1n) is 1.97. The number of halogens is 2. The maximum atomic E-state index is 5.30. The van der Waals surface area contributed by atoms with E-state index < -0.39 is 0 Å². The second-order valence-electron chi connectivity index (χ2n) is 1.04. The van der Waals surface area contributed by atoms with Gasteiger partial charge in [0, 0.05) is 5.88 Å². The fourth-order valence-electron chi connectivity index (χ4n) is 0.134. The molecule has 0 saturated heterocycles. The van der Waals surface area contributed by atoms with Gasteiger partial charge in [-0.05, 0) is 6.42 Å². The molecular weight excluding hydrogens is 163 g/mol. The van der Waals surface area contributed by atoms with Crippen molar-refractivity contribution < 1.29 is 0 Å². The first kappa shape index (κ1) is 9.91. The van der Waals surface area contributed by atoms with Crippen LogP contribution in [0.3, 0.4) is 0 Å². The molecule has 0 amide bonds. The Labute approximate surface area is 54.7 Å². The quantitative estimate of drug-likeness (QED) is 0.563. The minimum atomic E-state index is 0. The van der Waals surface area contributed by atoms with Gasteiger partial charge in [0.05, 0.1) is 0 Å². The van der Waals surface area contributed by atoms with Gasteiger partial charge in [-0.1, -0.05) is 13.3 Å². The summed E-state index contributed by atoms with van der Waals surface area (Å²) in [6, 6.07) is 0. The number of rotatable bonds is 2. The van der Waals surface area contributed by atoms with Crippen LogP contribution in [0.15, 0.2) is 0 Å². The van der Waals surface area contributed by atoms with Crippen molar-refractivity contribution in [1.82, 2.24) is 0 Å². The Morgan fingerprint density at radius 1 is 1.50 bits per heavy atom. The van der Waals surface area contributed by atoms with Crippen molar-refractivity contribution in [3.05, 3.63) is 0 Å². The Hall–Kier alpha value is 0.770. The summed E-state index contributed by atoms with van der Waals surface area (Å²) in [6.07, 6.45) is 2.37. The summed E-state index contributed by atoms with van der Waals surface area (Å²) in [4.78, 5) is 0. The molecule has 6 heavy (non-hydrogen) atoms. The Balaban J connectivity index is 0. The zero-order valence-electron chi connectivity index (χ0n) is 3.91. The highest BCUT2D eigenvalue weighted by Gasteiger charge is 1.70. The van der Waals surface area contributed by atoms with Crippen molar-refractivity contribution in [3.63, 3.8) is 0 Å². The molecule has 0 aliphatic carbocycles. The van der Waals surface area contributed by atoms with E-state index in [-0.39, 0.29) is 17.0 Å². The van der Waals surface area contributed by atoms with Gasteiger partial charge in [0.2, 0.25) is 0 Å². The third kappa shape index (κ3) is 8.84. The fraction of sp³-hybridized carbons (Fsp3) is 1.00. The molecule has 0 N–H and O–H groups in total. The van der Waals surface area contributed by atoms with Gasteiger partial charge in [-0.3, -0.25) is 0 Å². The molecule has 0 aromatic rings. The van der Waals surface area contributed by atoms with Crippen LogP contribution in [0.2, 0.25) is 0 Å². The van der Waals surface area contributed by atoms with Crippen LogP contribution < -0.4 is 0 Å². The maximum absolute atomic E-state index is 5.30. The highest BCUT2D eigenvalue weighted by molar-refractivity contribution is 8.93. The predicted molar refractivity (Wildman–Crippen MR) is 36.0 cm³/mol. The molecule has 0 aromatic heterocycles. The molecule has 2 heteroatoms. The lowest BCUT2D eigenvalue weighted by Gasteiger charge is -1.77. The van der Waals surface area contributed by atoms with E-state index in [0.717, 1.165) is 12.3 Å². The number of hydrogen-bond donors (Lipinski definition) is 0. The molecule has 0 unspecified atom stereocenters. The SMILES string of the molecule is Br.CCCCCl. The second kappa shape index (κ2) is 9.24. The number of alkyl halides is 1. The molecule has 40 valence electrons. The Morgan fingerprint density at radius 3 is 2.00 bits per heavy atom. The lowest BCUT2D eigenvalue weighted by Crippen LogP contribution is -1.65. The fourth-order valence-corrected chi connectivity index (χ4v) is 0.401. The van der Waals surface area contributed by atoms with Crippen molar-refractivity contribution in [2.24, 2.45) is 0 Å². The molecule has 0 aliphatic rings. The van der Waals surface area contributed by atoms with Crippen LogP contribution in [-0.2, 0) is 0 Å². The normalized spacial score (nSPS) is 7.00. The highest BCUT2D eigenvalue weighted by Crippen LogP contribution is 1.86. The zero-order chi connectivity index (χ0) is 4.12. The molecule has 0 spiro atoms. The van der Waals surface area contributed by atoms with Gasteiger partial charge in [-0.15, -0.1) is 28.6 Å². The van der Waals surface area contributed by atoms with Crippen LogP contribution in [0, 0.1) is 0 Å². The van der Waals surface area contributed by atoms with Gasteiger partial charge in [0.25, 0.3) is 0 Å². The third-order valence-electron chi connectivity index (χ3n) is 0.487. The predicted octanol–water partition coefficient (Wildman–Crippen LogP) is 2.60. The van der Waals surface area contributed by atoms with E-state index in [4.69, 9.17) is 11.6 Å². The van der Waals surface area contributed by atoms with E-state index in [9.17, 15) is 0 Å². The summed E-state index contributed by atoms with van der Waals surface area (Å²) < 4.78 is 0. The van der Waals surface area contributed by atoms with Gasteiger partial charge in [0.15, 0.2) is 0 Å². The zero-order valence-corrected chi connectivity index (χ0v) is 6.38. The molecule has 0 aliphatic heterocycles. The minimum absolute atomic E-state index is 0. The van der Waals surface area contributed by atoms with Crippen LogP contribution in [0.4, 0.5) is 0 Å². The average Bonchev–Trinajstić information content (AvgIpc) is 1.41. The molecular formula is C4H10BrCl. The first-order chi connectivity index (χ1) is 2.41. The molecule has 0 bridgehead atoms. The average molecular weight is 173 g/mol. The summed E-state index contributed by atoms with van der Waals surface area (Å²) in [5, 5.41) is 0. The third-order valence-corrected chi connectivity index (χ3v) is 0.754. The highest BCUT2D eigenvalue weighted by atomic mass is 79.9. The van der Waals surface area contributed by atoms with Crippen molar-refractivity contribution in [1.29, 1.82) is 0 Å². The molecule has 0 rings (SSSR count). The largest absolute Gasteiger partial charge is 0.127 e. The van der Waals surface area contributed by atoms with Gasteiger partial charge in [-0.25, -0.2) is 0 Å². The molecule has 0 aromatic carbocycles. The van der Waals surface area contributed by atoms with Crippen LogP contribution in [0.5, 0.6) is 0 Å². The van der Waals surface area contributed by atoms with Crippen LogP contribution in [0.1, 0.15) is 19.8 Å². The summed E-state index contributed by atoms with van der Waals surface area (Å²) in [5.74, 6) is 0.816. The second-order valence-corrected chi connectivity index (χ2v) is 1.42. The summed E-state index contributed by atoms with van der Waals surface area (Å²) in [5.41, 5.74) is 0. The molecule has 0 radical (unpaired) electrons. The van der Waals surface area contributed by atoms with E-state index in [1.807, 2.05) is 0 Å². The summed E-state index contributed by atoms with van der Waals surface area (Å²) in [7, 11) is 0. The van der Waals surface area contributed by atoms with Crippen molar-refractivity contribution >= 4 is 28.6 Å². The monoisotopic (exact) mass is 172 g/mol. The van der Waals surface area contributed by atoms with E-state index in [2.05, 4.69) is 6.92 Å². The standard InChI is InChI=1S/C4H9Cl.BrH/c1-2-3-4-5;/h2-4H2,1H3;1H. The van der Waals surface area contributed by atoms with Crippen LogP contribution >= 0.6 is 28.6 Å². The molecule has 0 fully saturated rings. The van der Waals surface area contributed by atoms with E-state index in [1.54, 1.807) is 0 Å². The van der Waals surface area contributed by atoms with E-state index in [0.29, 0.717) is 0 Å². The lowest BCUT2D eigenvalue weighted by molar-refractivity contribution is 0.892. The Bertz CT molecular complexity index is 15.0. The van der Waals surface area contributed by atoms with Crippen molar-refractivity contribution in [2.45, 2.75) is 19.8 Å². The van der Waals surface area contributed by atoms with Crippen LogP contribution in [-0.4, -0.2) is 5.88 Å².